The summed E-state index contributed by atoms with van der Waals surface area (Å²) in [5.41, 5.74) is 0. The fourth-order valence-electron chi connectivity index (χ4n) is 2.13. The number of para-hydroxylation sites is 1. The summed E-state index contributed by atoms with van der Waals surface area (Å²) in [5.74, 6) is 0.849. The molecule has 30 heavy (non-hydrogen) atoms. The fourth-order valence-corrected chi connectivity index (χ4v) is 2.13. The van der Waals surface area contributed by atoms with Crippen molar-refractivity contribution in [2.24, 2.45) is 0 Å². The Bertz CT molecular complexity index is 471. The second kappa shape index (κ2) is 22.0. The largest absolute Gasteiger partial charge is 0.499 e. The van der Waals surface area contributed by atoms with Crippen molar-refractivity contribution < 1.29 is 37.9 Å². The molecule has 0 heterocycles. The fraction of sp³-hybridized carbons (Fsp3) is 0.636. The van der Waals surface area contributed by atoms with Gasteiger partial charge in [0, 0.05) is 0 Å². The molecule has 1 rings (SSSR count). The summed E-state index contributed by atoms with van der Waals surface area (Å²) in [6, 6.07) is 9.67. The van der Waals surface area contributed by atoms with Gasteiger partial charge in [-0.3, -0.25) is 0 Å². The average molecular weight is 429 g/mol. The first-order chi connectivity index (χ1) is 14.9. The third kappa shape index (κ3) is 18.4. The molecule has 0 aliphatic heterocycles. The molecular weight excluding hydrogens is 392 g/mol. The number of hydrogen-bond acceptors (Lipinski definition) is 8. The van der Waals surface area contributed by atoms with Crippen LogP contribution in [0.25, 0.3) is 0 Å². The number of ether oxygens (including phenoxy) is 8. The summed E-state index contributed by atoms with van der Waals surface area (Å²) in [7, 11) is 0. The quantitative estimate of drug-likeness (QED) is 0.194. The molecule has 0 aromatic heterocycles. The summed E-state index contributed by atoms with van der Waals surface area (Å²) >= 11 is 0. The molecule has 8 nitrogen and oxygen atoms in total. The van der Waals surface area contributed by atoms with Crippen LogP contribution in [0.15, 0.2) is 43.2 Å². The first-order valence-corrected chi connectivity index (χ1v) is 10.3. The lowest BCUT2D eigenvalue weighted by atomic mass is 10.3. The first-order valence-electron chi connectivity index (χ1n) is 10.3. The molecule has 0 aliphatic rings. The SMILES string of the molecule is C=COCCOCCOCCOCCOCCOCCOCCOc1ccccc1. The molecule has 0 spiro atoms. The normalized spacial score (nSPS) is 10.8. The zero-order valence-electron chi connectivity index (χ0n) is 17.8. The van der Waals surface area contributed by atoms with Gasteiger partial charge in [0.2, 0.25) is 0 Å². The Balaban J connectivity index is 1.66. The van der Waals surface area contributed by atoms with E-state index in [0.717, 1.165) is 5.75 Å². The van der Waals surface area contributed by atoms with Gasteiger partial charge in [0.1, 0.15) is 19.0 Å². The molecule has 1 aromatic rings. The Morgan fingerprint density at radius 2 is 0.867 bits per heavy atom. The minimum absolute atomic E-state index is 0.510. The van der Waals surface area contributed by atoms with Crippen molar-refractivity contribution in [3.8, 4) is 5.75 Å². The van der Waals surface area contributed by atoms with Crippen LogP contribution in [0.4, 0.5) is 0 Å². The molecule has 1 aromatic carbocycles. The van der Waals surface area contributed by atoms with Crippen LogP contribution < -0.4 is 4.74 Å². The number of benzene rings is 1. The summed E-state index contributed by atoms with van der Waals surface area (Å²) < 4.78 is 42.9. The molecule has 8 heteroatoms. The van der Waals surface area contributed by atoms with E-state index in [1.54, 1.807) is 0 Å². The van der Waals surface area contributed by atoms with E-state index in [1.807, 2.05) is 30.3 Å². The van der Waals surface area contributed by atoms with E-state index in [0.29, 0.717) is 92.5 Å². The van der Waals surface area contributed by atoms with E-state index in [1.165, 1.54) is 6.26 Å². The minimum Gasteiger partial charge on any atom is -0.499 e. The van der Waals surface area contributed by atoms with Crippen LogP contribution in [0.2, 0.25) is 0 Å². The van der Waals surface area contributed by atoms with Gasteiger partial charge in [-0.1, -0.05) is 24.8 Å². The number of hydrogen-bond donors (Lipinski definition) is 0. The second-order valence-electron chi connectivity index (χ2n) is 5.87. The summed E-state index contributed by atoms with van der Waals surface area (Å²) in [5, 5.41) is 0. The highest BCUT2D eigenvalue weighted by Gasteiger charge is 1.95. The van der Waals surface area contributed by atoms with Crippen LogP contribution in [-0.2, 0) is 33.2 Å². The van der Waals surface area contributed by atoms with E-state index in [4.69, 9.17) is 37.9 Å². The molecule has 0 saturated carbocycles. The van der Waals surface area contributed by atoms with Crippen molar-refractivity contribution in [3.05, 3.63) is 43.2 Å². The number of rotatable bonds is 23. The van der Waals surface area contributed by atoms with Gasteiger partial charge in [0.25, 0.3) is 0 Å². The van der Waals surface area contributed by atoms with E-state index in [-0.39, 0.29) is 0 Å². The van der Waals surface area contributed by atoms with Crippen LogP contribution in [0.5, 0.6) is 5.75 Å². The molecule has 0 fully saturated rings. The van der Waals surface area contributed by atoms with Crippen LogP contribution in [0.3, 0.4) is 0 Å². The van der Waals surface area contributed by atoms with Gasteiger partial charge in [-0.2, -0.15) is 0 Å². The maximum absolute atomic E-state index is 5.53. The molecule has 0 radical (unpaired) electrons. The second-order valence-corrected chi connectivity index (χ2v) is 5.87. The minimum atomic E-state index is 0.510. The lowest BCUT2D eigenvalue weighted by Crippen LogP contribution is -2.15. The molecule has 0 saturated heterocycles. The van der Waals surface area contributed by atoms with Crippen LogP contribution >= 0.6 is 0 Å². The van der Waals surface area contributed by atoms with Crippen molar-refractivity contribution in [2.75, 3.05) is 92.5 Å². The zero-order chi connectivity index (χ0) is 21.4. The molecule has 0 amide bonds. The molecule has 0 bridgehead atoms. The van der Waals surface area contributed by atoms with E-state index >= 15 is 0 Å². The van der Waals surface area contributed by atoms with Gasteiger partial charge in [0.05, 0.1) is 85.5 Å². The third-order valence-electron chi connectivity index (χ3n) is 3.56. The highest BCUT2D eigenvalue weighted by atomic mass is 16.6. The van der Waals surface area contributed by atoms with Gasteiger partial charge >= 0.3 is 0 Å². The molecule has 0 atom stereocenters. The van der Waals surface area contributed by atoms with Crippen LogP contribution in [-0.4, -0.2) is 92.5 Å². The highest BCUT2D eigenvalue weighted by molar-refractivity contribution is 5.20. The highest BCUT2D eigenvalue weighted by Crippen LogP contribution is 2.07. The van der Waals surface area contributed by atoms with Gasteiger partial charge in [0.15, 0.2) is 0 Å². The molecule has 0 N–H and O–H groups in total. The van der Waals surface area contributed by atoms with Gasteiger partial charge < -0.3 is 37.9 Å². The van der Waals surface area contributed by atoms with Crippen molar-refractivity contribution in [3.63, 3.8) is 0 Å². The Kier molecular flexibility index (Phi) is 19.3. The standard InChI is InChI=1S/C22H36O8/c1-2-23-8-9-24-10-11-25-12-13-26-14-15-27-16-17-28-18-19-29-20-21-30-22-6-4-3-5-7-22/h2-7H,1,8-21H2. The average Bonchev–Trinajstić information content (AvgIpc) is 2.78. The van der Waals surface area contributed by atoms with E-state index in [2.05, 4.69) is 6.58 Å². The Hall–Kier alpha value is -1.68. The Labute approximate surface area is 179 Å². The van der Waals surface area contributed by atoms with Crippen molar-refractivity contribution in [1.82, 2.24) is 0 Å². The van der Waals surface area contributed by atoms with Crippen molar-refractivity contribution in [1.29, 1.82) is 0 Å². The van der Waals surface area contributed by atoms with E-state index in [9.17, 15) is 0 Å². The summed E-state index contributed by atoms with van der Waals surface area (Å²) in [4.78, 5) is 0. The van der Waals surface area contributed by atoms with Gasteiger partial charge in [-0.25, -0.2) is 0 Å². The Morgan fingerprint density at radius 1 is 0.500 bits per heavy atom. The van der Waals surface area contributed by atoms with Crippen LogP contribution in [0.1, 0.15) is 0 Å². The zero-order valence-corrected chi connectivity index (χ0v) is 17.8. The molecule has 172 valence electrons. The maximum Gasteiger partial charge on any atom is 0.119 e. The lowest BCUT2D eigenvalue weighted by Gasteiger charge is -2.09. The smallest absolute Gasteiger partial charge is 0.119 e. The van der Waals surface area contributed by atoms with Gasteiger partial charge in [-0.15, -0.1) is 0 Å². The molecule has 0 aliphatic carbocycles. The maximum atomic E-state index is 5.53. The molecule has 0 unspecified atom stereocenters. The lowest BCUT2D eigenvalue weighted by molar-refractivity contribution is -0.0193. The predicted octanol–water partition coefficient (Wildman–Crippen LogP) is 2.33. The monoisotopic (exact) mass is 428 g/mol. The van der Waals surface area contributed by atoms with Crippen molar-refractivity contribution in [2.45, 2.75) is 0 Å². The topological polar surface area (TPSA) is 73.8 Å². The first kappa shape index (κ1) is 26.4. The summed E-state index contributed by atoms with van der Waals surface area (Å²) in [6.07, 6.45) is 1.40. The predicted molar refractivity (Wildman–Crippen MR) is 113 cm³/mol. The van der Waals surface area contributed by atoms with E-state index < -0.39 is 0 Å². The Morgan fingerprint density at radius 3 is 1.27 bits per heavy atom. The van der Waals surface area contributed by atoms with Gasteiger partial charge in [-0.05, 0) is 12.1 Å². The van der Waals surface area contributed by atoms with Crippen molar-refractivity contribution >= 4 is 0 Å². The van der Waals surface area contributed by atoms with Crippen LogP contribution in [0, 0.1) is 0 Å². The molecular formula is C22H36O8. The third-order valence-corrected chi connectivity index (χ3v) is 3.56. The summed E-state index contributed by atoms with van der Waals surface area (Å²) in [6.45, 7) is 10.9.